The smallest absolute Gasteiger partial charge is 0.259 e. The Bertz CT molecular complexity index is 402. The summed E-state index contributed by atoms with van der Waals surface area (Å²) < 4.78 is 5.17. The molecule has 0 unspecified atom stereocenters. The Balaban J connectivity index is 3.03. The Labute approximate surface area is 102 Å². The number of amides is 1. The molecule has 0 aliphatic carbocycles. The van der Waals surface area contributed by atoms with E-state index in [0.717, 1.165) is 0 Å². The van der Waals surface area contributed by atoms with Crippen molar-refractivity contribution < 1.29 is 9.53 Å². The summed E-state index contributed by atoms with van der Waals surface area (Å²) in [4.78, 5) is 13.9. The van der Waals surface area contributed by atoms with Crippen LogP contribution in [0, 0.1) is 5.92 Å². The number of ether oxygens (including phenoxy) is 1. The third kappa shape index (κ3) is 3.12. The van der Waals surface area contributed by atoms with Gasteiger partial charge < -0.3 is 15.4 Å². The molecule has 0 aromatic heterocycles. The molecule has 17 heavy (non-hydrogen) atoms. The van der Waals surface area contributed by atoms with Gasteiger partial charge in [0.25, 0.3) is 5.91 Å². The summed E-state index contributed by atoms with van der Waals surface area (Å²) >= 11 is 0. The molecule has 1 amide bonds. The fourth-order valence-electron chi connectivity index (χ4n) is 1.77. The highest BCUT2D eigenvalue weighted by Gasteiger charge is 2.19. The van der Waals surface area contributed by atoms with E-state index >= 15 is 0 Å². The van der Waals surface area contributed by atoms with E-state index in [-0.39, 0.29) is 5.91 Å². The summed E-state index contributed by atoms with van der Waals surface area (Å²) in [5, 5.41) is 0. The largest absolute Gasteiger partial charge is 0.496 e. The predicted octanol–water partition coefficient (Wildman–Crippen LogP) is 2.01. The van der Waals surface area contributed by atoms with Gasteiger partial charge in [0.15, 0.2) is 0 Å². The van der Waals surface area contributed by atoms with Gasteiger partial charge in [0, 0.05) is 19.3 Å². The molecule has 0 heterocycles. The van der Waals surface area contributed by atoms with Crippen molar-refractivity contribution in [3.8, 4) is 5.75 Å². The molecule has 94 valence electrons. The number of nitrogens with zero attached hydrogens (tertiary/aromatic N) is 1. The average molecular weight is 236 g/mol. The molecule has 0 bridgehead atoms. The Morgan fingerprint density at radius 1 is 1.47 bits per heavy atom. The third-order valence-corrected chi connectivity index (χ3v) is 2.48. The monoisotopic (exact) mass is 236 g/mol. The van der Waals surface area contributed by atoms with Crippen molar-refractivity contribution in [2.45, 2.75) is 13.8 Å². The van der Waals surface area contributed by atoms with E-state index < -0.39 is 0 Å². The Morgan fingerprint density at radius 3 is 2.65 bits per heavy atom. The van der Waals surface area contributed by atoms with Gasteiger partial charge in [0.05, 0.1) is 7.11 Å². The number of carbonyl (C=O) groups excluding carboxylic acids is 1. The lowest BCUT2D eigenvalue weighted by atomic mass is 10.1. The number of anilines is 1. The van der Waals surface area contributed by atoms with Gasteiger partial charge >= 0.3 is 0 Å². The van der Waals surface area contributed by atoms with Crippen LogP contribution >= 0.6 is 0 Å². The first-order chi connectivity index (χ1) is 7.97. The van der Waals surface area contributed by atoms with Gasteiger partial charge in [0.1, 0.15) is 11.3 Å². The van der Waals surface area contributed by atoms with E-state index in [4.69, 9.17) is 10.5 Å². The van der Waals surface area contributed by atoms with Crippen molar-refractivity contribution >= 4 is 11.6 Å². The zero-order chi connectivity index (χ0) is 13.0. The number of methoxy groups -OCH3 is 1. The highest BCUT2D eigenvalue weighted by Crippen LogP contribution is 2.25. The van der Waals surface area contributed by atoms with Crippen LogP contribution in [-0.4, -0.2) is 31.5 Å². The van der Waals surface area contributed by atoms with Crippen LogP contribution in [0.4, 0.5) is 5.69 Å². The van der Waals surface area contributed by atoms with E-state index in [2.05, 4.69) is 13.8 Å². The SMILES string of the molecule is COc1cccc(N)c1C(=O)N(C)CC(C)C. The number of benzene rings is 1. The highest BCUT2D eigenvalue weighted by molar-refractivity contribution is 6.01. The van der Waals surface area contributed by atoms with E-state index in [1.807, 2.05) is 0 Å². The fourth-order valence-corrected chi connectivity index (χ4v) is 1.77. The molecule has 1 rings (SSSR count). The van der Waals surface area contributed by atoms with Crippen LogP contribution in [0.2, 0.25) is 0 Å². The summed E-state index contributed by atoms with van der Waals surface area (Å²) in [7, 11) is 3.31. The second-order valence-electron chi connectivity index (χ2n) is 4.50. The molecule has 0 radical (unpaired) electrons. The van der Waals surface area contributed by atoms with Crippen molar-refractivity contribution in [1.29, 1.82) is 0 Å². The van der Waals surface area contributed by atoms with Crippen LogP contribution in [0.15, 0.2) is 18.2 Å². The number of rotatable bonds is 4. The van der Waals surface area contributed by atoms with Crippen LogP contribution < -0.4 is 10.5 Å². The van der Waals surface area contributed by atoms with E-state index in [0.29, 0.717) is 29.5 Å². The van der Waals surface area contributed by atoms with Crippen LogP contribution in [0.5, 0.6) is 5.75 Å². The van der Waals surface area contributed by atoms with Gasteiger partial charge in [0.2, 0.25) is 0 Å². The van der Waals surface area contributed by atoms with E-state index in [9.17, 15) is 4.79 Å². The molecular formula is C13H20N2O2. The number of nitrogen functional groups attached to an aromatic ring is 1. The summed E-state index contributed by atoms with van der Waals surface area (Å²) in [6, 6.07) is 5.22. The van der Waals surface area contributed by atoms with Crippen molar-refractivity contribution in [3.05, 3.63) is 23.8 Å². The summed E-state index contributed by atoms with van der Waals surface area (Å²) in [6.45, 7) is 4.82. The molecule has 0 saturated heterocycles. The number of hydrogen-bond acceptors (Lipinski definition) is 3. The molecule has 0 spiro atoms. The van der Waals surface area contributed by atoms with Gasteiger partial charge in [-0.15, -0.1) is 0 Å². The quantitative estimate of drug-likeness (QED) is 0.813. The maximum atomic E-state index is 12.2. The molecule has 0 aliphatic heterocycles. The topological polar surface area (TPSA) is 55.6 Å². The third-order valence-electron chi connectivity index (χ3n) is 2.48. The first-order valence-corrected chi connectivity index (χ1v) is 5.65. The lowest BCUT2D eigenvalue weighted by Gasteiger charge is -2.21. The predicted molar refractivity (Wildman–Crippen MR) is 69.2 cm³/mol. The number of carbonyl (C=O) groups is 1. The molecule has 0 atom stereocenters. The van der Waals surface area contributed by atoms with Crippen molar-refractivity contribution in [2.24, 2.45) is 5.92 Å². The molecule has 0 saturated carbocycles. The highest BCUT2D eigenvalue weighted by atomic mass is 16.5. The van der Waals surface area contributed by atoms with Crippen molar-refractivity contribution in [1.82, 2.24) is 4.90 Å². The van der Waals surface area contributed by atoms with Crippen molar-refractivity contribution in [2.75, 3.05) is 26.4 Å². The van der Waals surface area contributed by atoms with Crippen molar-refractivity contribution in [3.63, 3.8) is 0 Å². The number of hydrogen-bond donors (Lipinski definition) is 1. The van der Waals surface area contributed by atoms with E-state index in [1.165, 1.54) is 7.11 Å². The minimum Gasteiger partial charge on any atom is -0.496 e. The van der Waals surface area contributed by atoms with Crippen LogP contribution in [0.3, 0.4) is 0 Å². The van der Waals surface area contributed by atoms with Crippen LogP contribution in [-0.2, 0) is 0 Å². The first-order valence-electron chi connectivity index (χ1n) is 5.65. The standard InChI is InChI=1S/C13H20N2O2/c1-9(2)8-15(3)13(16)12-10(14)6-5-7-11(12)17-4/h5-7,9H,8,14H2,1-4H3. The summed E-state index contributed by atoms with van der Waals surface area (Å²) in [5.41, 5.74) is 6.73. The molecule has 2 N–H and O–H groups in total. The fraction of sp³-hybridized carbons (Fsp3) is 0.462. The molecule has 1 aromatic rings. The molecular weight excluding hydrogens is 216 g/mol. The Hall–Kier alpha value is -1.71. The van der Waals surface area contributed by atoms with Crippen LogP contribution in [0.25, 0.3) is 0 Å². The molecule has 0 fully saturated rings. The maximum Gasteiger partial charge on any atom is 0.259 e. The van der Waals surface area contributed by atoms with Gasteiger partial charge in [-0.1, -0.05) is 19.9 Å². The molecule has 1 aromatic carbocycles. The lowest BCUT2D eigenvalue weighted by molar-refractivity contribution is 0.0777. The van der Waals surface area contributed by atoms with Gasteiger partial charge in [-0.3, -0.25) is 4.79 Å². The minimum atomic E-state index is -0.103. The zero-order valence-corrected chi connectivity index (χ0v) is 10.9. The Kier molecular flexibility index (Phi) is 4.37. The Morgan fingerprint density at radius 2 is 2.12 bits per heavy atom. The second kappa shape index (κ2) is 5.57. The molecule has 4 nitrogen and oxygen atoms in total. The van der Waals surface area contributed by atoms with E-state index in [1.54, 1.807) is 30.1 Å². The second-order valence-corrected chi connectivity index (χ2v) is 4.50. The molecule has 4 heteroatoms. The molecule has 0 aliphatic rings. The first kappa shape index (κ1) is 13.4. The minimum absolute atomic E-state index is 0.103. The van der Waals surface area contributed by atoms with Gasteiger partial charge in [-0.05, 0) is 18.1 Å². The normalized spacial score (nSPS) is 10.4. The summed E-state index contributed by atoms with van der Waals surface area (Å²) in [6.07, 6.45) is 0. The van der Waals surface area contributed by atoms with Crippen LogP contribution in [0.1, 0.15) is 24.2 Å². The average Bonchev–Trinajstić information content (AvgIpc) is 2.26. The maximum absolute atomic E-state index is 12.2. The van der Waals surface area contributed by atoms with Gasteiger partial charge in [-0.2, -0.15) is 0 Å². The zero-order valence-electron chi connectivity index (χ0n) is 10.9. The van der Waals surface area contributed by atoms with Gasteiger partial charge in [-0.25, -0.2) is 0 Å². The summed E-state index contributed by atoms with van der Waals surface area (Å²) in [5.74, 6) is 0.833. The number of nitrogens with two attached hydrogens (primary N) is 1. The lowest BCUT2D eigenvalue weighted by Crippen LogP contribution is -2.31.